The van der Waals surface area contributed by atoms with E-state index < -0.39 is 11.2 Å². The van der Waals surface area contributed by atoms with Crippen molar-refractivity contribution in [2.24, 2.45) is 5.92 Å². The zero-order valence-corrected chi connectivity index (χ0v) is 17.0. The SMILES string of the molecule is COc1ccc(C(=O)Cc2ccc(C(S)C(=O)NC=O)cc2)cc1OCC1CC1. The van der Waals surface area contributed by atoms with Crippen LogP contribution in [0, 0.1) is 5.92 Å². The first-order valence-corrected chi connectivity index (χ1v) is 9.88. The number of hydrogen-bond acceptors (Lipinski definition) is 6. The lowest BCUT2D eigenvalue weighted by Gasteiger charge is -2.12. The van der Waals surface area contributed by atoms with Gasteiger partial charge in [0.1, 0.15) is 5.25 Å². The van der Waals surface area contributed by atoms with Crippen LogP contribution in [-0.2, 0) is 16.0 Å². The van der Waals surface area contributed by atoms with E-state index in [2.05, 4.69) is 17.9 Å². The Kier molecular flexibility index (Phi) is 6.93. The van der Waals surface area contributed by atoms with E-state index in [1.54, 1.807) is 49.6 Å². The number of hydrogen-bond donors (Lipinski definition) is 2. The van der Waals surface area contributed by atoms with Crippen molar-refractivity contribution < 1.29 is 23.9 Å². The second-order valence-electron chi connectivity index (χ2n) is 6.99. The number of nitrogens with one attached hydrogen (secondary N) is 1. The molecular formula is C22H23NO5S. The Labute approximate surface area is 175 Å². The molecule has 1 aliphatic carbocycles. The molecule has 2 aromatic rings. The van der Waals surface area contributed by atoms with Crippen molar-refractivity contribution in [1.29, 1.82) is 0 Å². The Balaban J connectivity index is 1.66. The normalized spacial score (nSPS) is 14.0. The standard InChI is InChI=1S/C22H23NO5S/c1-27-19-9-8-17(11-20(19)28-12-15-2-3-15)18(25)10-14-4-6-16(7-5-14)21(29)22(26)23-13-24/h4-9,11,13,15,21,29H,2-3,10,12H2,1H3,(H,23,24,26). The van der Waals surface area contributed by atoms with Gasteiger partial charge in [0.2, 0.25) is 12.3 Å². The lowest BCUT2D eigenvalue weighted by atomic mass is 10.0. The van der Waals surface area contributed by atoms with E-state index in [1.165, 1.54) is 12.8 Å². The Bertz CT molecular complexity index is 893. The van der Waals surface area contributed by atoms with Crippen LogP contribution in [0.2, 0.25) is 0 Å². The quantitative estimate of drug-likeness (QED) is 0.355. The van der Waals surface area contributed by atoms with E-state index in [0.29, 0.717) is 41.6 Å². The molecule has 2 amide bonds. The Morgan fingerprint density at radius 1 is 1.17 bits per heavy atom. The lowest BCUT2D eigenvalue weighted by molar-refractivity contribution is -0.124. The number of carbonyl (C=O) groups excluding carboxylic acids is 3. The highest BCUT2D eigenvalue weighted by atomic mass is 32.1. The number of ketones is 1. The zero-order chi connectivity index (χ0) is 20.8. The van der Waals surface area contributed by atoms with Crippen molar-refractivity contribution in [2.45, 2.75) is 24.5 Å². The number of Topliss-reactive ketones (excluding diaryl/α,β-unsaturated/α-hetero) is 1. The minimum Gasteiger partial charge on any atom is -0.493 e. The molecule has 1 N–H and O–H groups in total. The summed E-state index contributed by atoms with van der Waals surface area (Å²) in [4.78, 5) is 34.8. The molecule has 3 rings (SSSR count). The van der Waals surface area contributed by atoms with Gasteiger partial charge in [0, 0.05) is 12.0 Å². The van der Waals surface area contributed by atoms with Crippen molar-refractivity contribution >= 4 is 30.7 Å². The molecule has 29 heavy (non-hydrogen) atoms. The molecule has 1 aliphatic rings. The number of methoxy groups -OCH3 is 1. The zero-order valence-electron chi connectivity index (χ0n) is 16.1. The van der Waals surface area contributed by atoms with Gasteiger partial charge in [0.05, 0.1) is 13.7 Å². The van der Waals surface area contributed by atoms with Crippen LogP contribution in [0.3, 0.4) is 0 Å². The summed E-state index contributed by atoms with van der Waals surface area (Å²) < 4.78 is 11.2. The van der Waals surface area contributed by atoms with E-state index in [9.17, 15) is 14.4 Å². The van der Waals surface area contributed by atoms with Crippen molar-refractivity contribution in [3.05, 3.63) is 59.2 Å². The van der Waals surface area contributed by atoms with Crippen LogP contribution in [0.1, 0.15) is 39.6 Å². The van der Waals surface area contributed by atoms with Crippen LogP contribution in [0.15, 0.2) is 42.5 Å². The van der Waals surface area contributed by atoms with E-state index in [0.717, 1.165) is 5.56 Å². The molecule has 0 saturated heterocycles. The minimum atomic E-state index is -0.752. The summed E-state index contributed by atoms with van der Waals surface area (Å²) >= 11 is 4.21. The predicted octanol–water partition coefficient (Wildman–Crippen LogP) is 3.15. The summed E-state index contributed by atoms with van der Waals surface area (Å²) in [5, 5.41) is 1.32. The molecule has 0 heterocycles. The van der Waals surface area contributed by atoms with Crippen LogP contribution in [-0.4, -0.2) is 31.8 Å². The summed E-state index contributed by atoms with van der Waals surface area (Å²) in [6, 6.07) is 12.2. The second-order valence-corrected chi connectivity index (χ2v) is 7.51. The van der Waals surface area contributed by atoms with Crippen LogP contribution in [0.25, 0.3) is 0 Å². The van der Waals surface area contributed by atoms with Crippen molar-refractivity contribution in [1.82, 2.24) is 5.32 Å². The van der Waals surface area contributed by atoms with Gasteiger partial charge >= 0.3 is 0 Å². The molecule has 0 bridgehead atoms. The third-order valence-corrected chi connectivity index (χ3v) is 5.30. The molecule has 0 aromatic heterocycles. The third kappa shape index (κ3) is 5.60. The van der Waals surface area contributed by atoms with E-state index in [-0.39, 0.29) is 12.2 Å². The molecule has 6 nitrogen and oxygen atoms in total. The van der Waals surface area contributed by atoms with Crippen LogP contribution < -0.4 is 14.8 Å². The number of carbonyl (C=O) groups is 3. The van der Waals surface area contributed by atoms with Gasteiger partial charge in [-0.05, 0) is 48.1 Å². The van der Waals surface area contributed by atoms with Gasteiger partial charge in [0.15, 0.2) is 17.3 Å². The van der Waals surface area contributed by atoms with Gasteiger partial charge in [-0.25, -0.2) is 0 Å². The van der Waals surface area contributed by atoms with Crippen LogP contribution >= 0.6 is 12.6 Å². The van der Waals surface area contributed by atoms with Crippen molar-refractivity contribution in [2.75, 3.05) is 13.7 Å². The van der Waals surface area contributed by atoms with E-state index in [1.807, 2.05) is 0 Å². The molecule has 2 aromatic carbocycles. The maximum Gasteiger partial charge on any atom is 0.243 e. The first-order valence-electron chi connectivity index (χ1n) is 9.36. The molecule has 0 radical (unpaired) electrons. The fourth-order valence-electron chi connectivity index (χ4n) is 2.85. The molecule has 7 heteroatoms. The van der Waals surface area contributed by atoms with Gasteiger partial charge in [-0.1, -0.05) is 24.3 Å². The molecule has 0 aliphatic heterocycles. The van der Waals surface area contributed by atoms with Gasteiger partial charge in [-0.2, -0.15) is 12.6 Å². The summed E-state index contributed by atoms with van der Waals surface area (Å²) in [5.41, 5.74) is 2.01. The topological polar surface area (TPSA) is 81.7 Å². The maximum atomic E-state index is 12.7. The smallest absolute Gasteiger partial charge is 0.243 e. The first kappa shape index (κ1) is 20.9. The highest BCUT2D eigenvalue weighted by Crippen LogP contribution is 2.33. The number of benzene rings is 2. The summed E-state index contributed by atoms with van der Waals surface area (Å²) in [7, 11) is 1.58. The predicted molar refractivity (Wildman–Crippen MR) is 112 cm³/mol. The molecule has 0 spiro atoms. The second kappa shape index (κ2) is 9.60. The average molecular weight is 413 g/mol. The first-order chi connectivity index (χ1) is 14.0. The molecule has 1 fully saturated rings. The number of imide groups is 1. The van der Waals surface area contributed by atoms with E-state index >= 15 is 0 Å². The summed E-state index contributed by atoms with van der Waals surface area (Å²) in [6.45, 7) is 0.637. The van der Waals surface area contributed by atoms with Crippen molar-refractivity contribution in [3.63, 3.8) is 0 Å². The molecular weight excluding hydrogens is 390 g/mol. The maximum absolute atomic E-state index is 12.7. The number of rotatable bonds is 10. The molecule has 152 valence electrons. The number of amides is 2. The Hall–Kier alpha value is -2.80. The van der Waals surface area contributed by atoms with Crippen molar-refractivity contribution in [3.8, 4) is 11.5 Å². The Morgan fingerprint density at radius 3 is 2.52 bits per heavy atom. The largest absolute Gasteiger partial charge is 0.493 e. The average Bonchev–Trinajstić information content (AvgIpc) is 3.56. The highest BCUT2D eigenvalue weighted by Gasteiger charge is 2.23. The van der Waals surface area contributed by atoms with Gasteiger partial charge in [-0.15, -0.1) is 0 Å². The summed E-state index contributed by atoms with van der Waals surface area (Å²) in [5.74, 6) is 1.25. The van der Waals surface area contributed by atoms with Gasteiger partial charge < -0.3 is 9.47 Å². The summed E-state index contributed by atoms with van der Waals surface area (Å²) in [6.07, 6.45) is 2.91. The van der Waals surface area contributed by atoms with Gasteiger partial charge in [0.25, 0.3) is 0 Å². The lowest BCUT2D eigenvalue weighted by Crippen LogP contribution is -2.25. The molecule has 1 saturated carbocycles. The highest BCUT2D eigenvalue weighted by molar-refractivity contribution is 7.81. The number of thiol groups is 1. The van der Waals surface area contributed by atoms with E-state index in [4.69, 9.17) is 9.47 Å². The third-order valence-electron chi connectivity index (χ3n) is 4.77. The molecule has 1 atom stereocenters. The monoisotopic (exact) mass is 413 g/mol. The molecule has 1 unspecified atom stereocenters. The Morgan fingerprint density at radius 2 is 1.90 bits per heavy atom. The minimum absolute atomic E-state index is 0.0437. The van der Waals surface area contributed by atoms with Crippen LogP contribution in [0.5, 0.6) is 11.5 Å². The fraction of sp³-hybridized carbons (Fsp3) is 0.318. The fourth-order valence-corrected chi connectivity index (χ4v) is 3.10. The van der Waals surface area contributed by atoms with Gasteiger partial charge in [-0.3, -0.25) is 19.7 Å². The number of ether oxygens (including phenoxy) is 2. The van der Waals surface area contributed by atoms with Crippen LogP contribution in [0.4, 0.5) is 0 Å².